The van der Waals surface area contributed by atoms with Crippen LogP contribution in [-0.2, 0) is 0 Å². The normalized spacial score (nSPS) is 9.07. The van der Waals surface area contributed by atoms with Gasteiger partial charge in [0.05, 0.1) is 19.9 Å². The number of rotatable bonds is 3. The zero-order chi connectivity index (χ0) is 10.6. The van der Waals surface area contributed by atoms with Crippen LogP contribution in [0.25, 0.3) is 10.4 Å². The lowest BCUT2D eigenvalue weighted by molar-refractivity contribution is 0.355. The van der Waals surface area contributed by atoms with Crippen LogP contribution in [0.1, 0.15) is 0 Å². The topological polar surface area (TPSA) is 67.2 Å². The van der Waals surface area contributed by atoms with Crippen molar-refractivity contribution in [2.45, 2.75) is 0 Å². The number of azide groups is 1. The summed E-state index contributed by atoms with van der Waals surface area (Å²) in [6.45, 7) is 0. The number of hydrogen-bond acceptors (Lipinski definition) is 3. The molecular weight excluding hydrogens is 250 g/mol. The number of ether oxygens (including phenoxy) is 2. The van der Waals surface area contributed by atoms with Crippen LogP contribution in [0.15, 0.2) is 21.7 Å². The predicted octanol–water partition coefficient (Wildman–Crippen LogP) is 3.41. The molecular formula is C8H8BrN3O2. The highest BCUT2D eigenvalue weighted by atomic mass is 79.9. The molecule has 0 heterocycles. The molecule has 0 amide bonds. The highest BCUT2D eigenvalue weighted by Crippen LogP contribution is 2.37. The van der Waals surface area contributed by atoms with Crippen LogP contribution in [0.4, 0.5) is 5.69 Å². The van der Waals surface area contributed by atoms with Crippen molar-refractivity contribution in [1.82, 2.24) is 0 Å². The van der Waals surface area contributed by atoms with Crippen LogP contribution in [-0.4, -0.2) is 14.2 Å². The van der Waals surface area contributed by atoms with Gasteiger partial charge in [0, 0.05) is 9.38 Å². The molecule has 1 aromatic carbocycles. The van der Waals surface area contributed by atoms with Crippen molar-refractivity contribution in [1.29, 1.82) is 0 Å². The number of nitrogens with zero attached hydrogens (tertiary/aromatic N) is 3. The molecule has 74 valence electrons. The lowest BCUT2D eigenvalue weighted by atomic mass is 10.3. The maximum Gasteiger partial charge on any atom is 0.161 e. The van der Waals surface area contributed by atoms with Crippen LogP contribution in [0.3, 0.4) is 0 Å². The first-order chi connectivity index (χ1) is 6.72. The van der Waals surface area contributed by atoms with Crippen molar-refractivity contribution in [3.8, 4) is 11.5 Å². The lowest BCUT2D eigenvalue weighted by Gasteiger charge is -2.08. The molecule has 0 bridgehead atoms. The van der Waals surface area contributed by atoms with E-state index in [-0.39, 0.29) is 0 Å². The van der Waals surface area contributed by atoms with Crippen LogP contribution < -0.4 is 9.47 Å². The van der Waals surface area contributed by atoms with Crippen molar-refractivity contribution in [2.75, 3.05) is 14.2 Å². The van der Waals surface area contributed by atoms with E-state index in [1.165, 1.54) is 14.2 Å². The second kappa shape index (κ2) is 4.74. The van der Waals surface area contributed by atoms with Gasteiger partial charge in [-0.25, -0.2) is 0 Å². The van der Waals surface area contributed by atoms with E-state index in [0.717, 1.165) is 0 Å². The summed E-state index contributed by atoms with van der Waals surface area (Å²) >= 11 is 3.25. The molecule has 0 saturated carbocycles. The molecule has 0 unspecified atom stereocenters. The summed E-state index contributed by atoms with van der Waals surface area (Å²) in [5, 5.41) is 3.49. The quantitative estimate of drug-likeness (QED) is 0.473. The largest absolute Gasteiger partial charge is 0.493 e. The first kappa shape index (κ1) is 10.7. The summed E-state index contributed by atoms with van der Waals surface area (Å²) in [5.74, 6) is 1.11. The standard InChI is InChI=1S/C8H8BrN3O2/c1-13-7-3-5(9)6(11-12-10)4-8(7)14-2/h3-4H,1-2H3. The van der Waals surface area contributed by atoms with Crippen LogP contribution in [0.5, 0.6) is 11.5 Å². The predicted molar refractivity (Wildman–Crippen MR) is 56.1 cm³/mol. The molecule has 14 heavy (non-hydrogen) atoms. The van der Waals surface area contributed by atoms with Crippen molar-refractivity contribution >= 4 is 21.6 Å². The second-order valence-corrected chi connectivity index (χ2v) is 3.20. The van der Waals surface area contributed by atoms with E-state index in [1.54, 1.807) is 12.1 Å². The van der Waals surface area contributed by atoms with Gasteiger partial charge in [-0.1, -0.05) is 21.0 Å². The first-order valence-corrected chi connectivity index (χ1v) is 4.49. The highest BCUT2D eigenvalue weighted by molar-refractivity contribution is 9.10. The fraction of sp³-hybridized carbons (Fsp3) is 0.250. The Morgan fingerprint density at radius 2 is 1.86 bits per heavy atom. The van der Waals surface area contributed by atoms with Crippen LogP contribution in [0, 0.1) is 0 Å². The van der Waals surface area contributed by atoms with Gasteiger partial charge in [0.1, 0.15) is 0 Å². The highest BCUT2D eigenvalue weighted by Gasteiger charge is 2.07. The second-order valence-electron chi connectivity index (χ2n) is 2.35. The van der Waals surface area contributed by atoms with Gasteiger partial charge in [0.25, 0.3) is 0 Å². The lowest BCUT2D eigenvalue weighted by Crippen LogP contribution is -1.89. The van der Waals surface area contributed by atoms with Crippen molar-refractivity contribution in [3.05, 3.63) is 27.0 Å². The molecule has 0 spiro atoms. The summed E-state index contributed by atoms with van der Waals surface area (Å²) in [5.41, 5.74) is 8.76. The molecule has 0 atom stereocenters. The van der Waals surface area contributed by atoms with E-state index in [1.807, 2.05) is 0 Å². The Kier molecular flexibility index (Phi) is 3.62. The van der Waals surface area contributed by atoms with E-state index < -0.39 is 0 Å². The van der Waals surface area contributed by atoms with E-state index in [2.05, 4.69) is 26.0 Å². The summed E-state index contributed by atoms with van der Waals surface area (Å²) in [6, 6.07) is 3.28. The molecule has 1 rings (SSSR count). The Labute approximate surface area is 89.4 Å². The fourth-order valence-corrected chi connectivity index (χ4v) is 1.37. The van der Waals surface area contributed by atoms with Crippen molar-refractivity contribution < 1.29 is 9.47 Å². The Balaban J connectivity index is 3.29. The molecule has 0 aromatic heterocycles. The number of halogens is 1. The maximum absolute atomic E-state index is 8.30. The first-order valence-electron chi connectivity index (χ1n) is 3.69. The molecule has 0 aliphatic rings. The van der Waals surface area contributed by atoms with Crippen molar-refractivity contribution in [2.24, 2.45) is 5.11 Å². The Hall–Kier alpha value is -1.39. The smallest absolute Gasteiger partial charge is 0.161 e. The zero-order valence-corrected chi connectivity index (χ0v) is 9.28. The summed E-state index contributed by atoms with van der Waals surface area (Å²) in [7, 11) is 3.06. The van der Waals surface area contributed by atoms with Gasteiger partial charge in [0.15, 0.2) is 11.5 Å². The van der Waals surface area contributed by atoms with E-state index >= 15 is 0 Å². The van der Waals surface area contributed by atoms with Gasteiger partial charge in [-0.2, -0.15) is 0 Å². The van der Waals surface area contributed by atoms with Gasteiger partial charge < -0.3 is 9.47 Å². The number of hydrogen-bond donors (Lipinski definition) is 0. The zero-order valence-electron chi connectivity index (χ0n) is 7.69. The maximum atomic E-state index is 8.30. The van der Waals surface area contributed by atoms with Crippen molar-refractivity contribution in [3.63, 3.8) is 0 Å². The van der Waals surface area contributed by atoms with Gasteiger partial charge in [-0.05, 0) is 17.7 Å². The minimum atomic E-state index is 0.463. The van der Waals surface area contributed by atoms with E-state index in [4.69, 9.17) is 15.0 Å². The third-order valence-corrected chi connectivity index (χ3v) is 2.24. The molecule has 5 nitrogen and oxygen atoms in total. The van der Waals surface area contributed by atoms with E-state index in [0.29, 0.717) is 21.7 Å². The molecule has 0 aliphatic heterocycles. The molecule has 0 fully saturated rings. The van der Waals surface area contributed by atoms with Gasteiger partial charge >= 0.3 is 0 Å². The average molecular weight is 258 g/mol. The fourth-order valence-electron chi connectivity index (χ4n) is 0.968. The Bertz CT molecular complexity index is 388. The minimum absolute atomic E-state index is 0.463. The number of benzene rings is 1. The monoisotopic (exact) mass is 257 g/mol. The molecule has 6 heteroatoms. The molecule has 0 N–H and O–H groups in total. The third-order valence-electron chi connectivity index (χ3n) is 1.61. The van der Waals surface area contributed by atoms with Crippen LogP contribution in [0.2, 0.25) is 0 Å². The molecule has 0 saturated heterocycles. The van der Waals surface area contributed by atoms with Gasteiger partial charge in [0.2, 0.25) is 0 Å². The number of methoxy groups -OCH3 is 2. The Morgan fingerprint density at radius 3 is 2.36 bits per heavy atom. The van der Waals surface area contributed by atoms with Crippen LogP contribution >= 0.6 is 15.9 Å². The Morgan fingerprint density at radius 1 is 1.29 bits per heavy atom. The molecule has 1 aromatic rings. The molecule has 0 aliphatic carbocycles. The average Bonchev–Trinajstić information content (AvgIpc) is 2.20. The third kappa shape index (κ3) is 2.10. The van der Waals surface area contributed by atoms with Gasteiger partial charge in [-0.3, -0.25) is 0 Å². The minimum Gasteiger partial charge on any atom is -0.493 e. The van der Waals surface area contributed by atoms with Gasteiger partial charge in [-0.15, -0.1) is 0 Å². The summed E-state index contributed by atoms with van der Waals surface area (Å²) < 4.78 is 10.8. The SMILES string of the molecule is COc1cc(Br)c(N=[N+]=[N-])cc1OC. The summed E-state index contributed by atoms with van der Waals surface area (Å²) in [4.78, 5) is 2.70. The summed E-state index contributed by atoms with van der Waals surface area (Å²) in [6.07, 6.45) is 0. The molecule has 0 radical (unpaired) electrons. The van der Waals surface area contributed by atoms with E-state index in [9.17, 15) is 0 Å².